The zero-order valence-electron chi connectivity index (χ0n) is 35.5. The van der Waals surface area contributed by atoms with E-state index in [0.717, 1.165) is 55.6 Å². The molecule has 0 spiro atoms. The third-order valence-corrected chi connectivity index (χ3v) is 10.4. The fraction of sp³-hybridized carbons (Fsp3) is 0.0556. The topological polar surface area (TPSA) is 148 Å². The second kappa shape index (κ2) is 19.8. The first-order valence-corrected chi connectivity index (χ1v) is 20.5. The Kier molecular flexibility index (Phi) is 13.6. The lowest BCUT2D eigenvalue weighted by Crippen LogP contribution is -2.13. The normalized spacial score (nSPS) is 10.9. The predicted octanol–water partition coefficient (Wildman–Crippen LogP) is 13.0. The van der Waals surface area contributed by atoms with Gasteiger partial charge in [-0.05, 0) is 131 Å². The van der Waals surface area contributed by atoms with Gasteiger partial charge in [0.25, 0.3) is 17.7 Å². The lowest BCUT2D eigenvalue weighted by molar-refractivity contribution is -0.137. The van der Waals surface area contributed by atoms with Gasteiger partial charge in [-0.15, -0.1) is 0 Å². The third kappa shape index (κ3) is 11.3. The molecule has 0 aliphatic rings. The molecule has 9 aromatic carbocycles. The second-order valence-electron chi connectivity index (χ2n) is 15.3. The fourth-order valence-electron chi connectivity index (χ4n) is 6.96. The highest BCUT2D eigenvalue weighted by Gasteiger charge is 2.30. The van der Waals surface area contributed by atoms with Crippen LogP contribution in [0.3, 0.4) is 0 Å². The van der Waals surface area contributed by atoms with Crippen LogP contribution in [0.5, 0.6) is 17.2 Å². The molecule has 0 saturated carbocycles. The number of benzene rings is 9. The zero-order chi connectivity index (χ0) is 47.0. The summed E-state index contributed by atoms with van der Waals surface area (Å²) in [6.07, 6.45) is -4.49. The number of phenols is 3. The first-order chi connectivity index (χ1) is 31.6. The molecule has 0 aliphatic carbocycles. The summed E-state index contributed by atoms with van der Waals surface area (Å²) in [5.74, 6) is -1.58. The number of rotatable bonds is 6. The number of amides is 3. The van der Waals surface area contributed by atoms with Gasteiger partial charge in [0.2, 0.25) is 0 Å². The van der Waals surface area contributed by atoms with Crippen LogP contribution in [0.1, 0.15) is 47.8 Å². The lowest BCUT2D eigenvalue weighted by Gasteiger charge is -2.11. The Bertz CT molecular complexity index is 3240. The third-order valence-electron chi connectivity index (χ3n) is 10.4. The molecule has 0 aromatic heterocycles. The molecule has 0 aliphatic heterocycles. The fourth-order valence-corrected chi connectivity index (χ4v) is 6.96. The standard InChI is InChI=1S/C18H12F3NO2.2C18H15NO2/c19-18(20,21)13-6-3-7-14(10-13)22-17(24)15-8-11-4-1-2-5-12(11)9-16(15)23;1-12-5-4-8-15(9-12)19-18(21)16-10-13-6-2-3-7-14(13)11-17(16)20;1-12-6-8-15(9-7-12)19-18(21)16-10-13-4-2-3-5-14(13)11-17(16)20/h1-10,23H,(H,22,24);2*2-11,20H,1H3,(H,19,21). The molecular formula is C54H42F3N3O6. The van der Waals surface area contributed by atoms with E-state index in [0.29, 0.717) is 11.4 Å². The van der Waals surface area contributed by atoms with Crippen LogP contribution in [0.2, 0.25) is 0 Å². The van der Waals surface area contributed by atoms with Crippen molar-refractivity contribution in [1.82, 2.24) is 0 Å². The van der Waals surface area contributed by atoms with E-state index >= 15 is 0 Å². The smallest absolute Gasteiger partial charge is 0.416 e. The summed E-state index contributed by atoms with van der Waals surface area (Å²) < 4.78 is 38.1. The van der Waals surface area contributed by atoms with E-state index in [4.69, 9.17) is 0 Å². The molecule has 0 radical (unpaired) electrons. The number of nitrogens with one attached hydrogen (secondary N) is 3. The Morgan fingerprint density at radius 1 is 0.379 bits per heavy atom. The van der Waals surface area contributed by atoms with E-state index in [9.17, 15) is 42.9 Å². The lowest BCUT2D eigenvalue weighted by atomic mass is 10.1. The molecule has 0 unspecified atom stereocenters. The largest absolute Gasteiger partial charge is 0.507 e. The van der Waals surface area contributed by atoms with Gasteiger partial charge >= 0.3 is 6.18 Å². The van der Waals surface area contributed by atoms with Crippen LogP contribution in [-0.4, -0.2) is 33.0 Å². The average Bonchev–Trinajstić information content (AvgIpc) is 3.29. The van der Waals surface area contributed by atoms with Crippen molar-refractivity contribution >= 4 is 67.1 Å². The molecule has 0 fully saturated rings. The number of halogens is 3. The van der Waals surface area contributed by atoms with Gasteiger partial charge < -0.3 is 31.3 Å². The highest BCUT2D eigenvalue weighted by atomic mass is 19.4. The summed E-state index contributed by atoms with van der Waals surface area (Å²) in [6, 6.07) is 51.3. The molecule has 6 N–H and O–H groups in total. The highest BCUT2D eigenvalue weighted by molar-refractivity contribution is 6.10. The Morgan fingerprint density at radius 3 is 1.11 bits per heavy atom. The molecule has 66 heavy (non-hydrogen) atoms. The van der Waals surface area contributed by atoms with Crippen LogP contribution in [0.15, 0.2) is 182 Å². The maximum absolute atomic E-state index is 12.7. The molecular weight excluding hydrogens is 844 g/mol. The van der Waals surface area contributed by atoms with Crippen molar-refractivity contribution in [2.75, 3.05) is 16.0 Å². The molecule has 9 nitrogen and oxygen atoms in total. The van der Waals surface area contributed by atoms with E-state index < -0.39 is 17.6 Å². The summed E-state index contributed by atoms with van der Waals surface area (Å²) in [5.41, 5.74) is 3.30. The van der Waals surface area contributed by atoms with E-state index in [1.165, 1.54) is 24.3 Å². The van der Waals surface area contributed by atoms with E-state index in [2.05, 4.69) is 16.0 Å². The van der Waals surface area contributed by atoms with E-state index in [-0.39, 0.29) is 51.4 Å². The van der Waals surface area contributed by atoms with Crippen molar-refractivity contribution in [3.8, 4) is 17.2 Å². The van der Waals surface area contributed by atoms with Crippen LogP contribution < -0.4 is 16.0 Å². The first kappa shape index (κ1) is 45.4. The van der Waals surface area contributed by atoms with Gasteiger partial charge in [-0.1, -0.05) is 109 Å². The Morgan fingerprint density at radius 2 is 0.727 bits per heavy atom. The minimum atomic E-state index is -4.49. The van der Waals surface area contributed by atoms with Crippen LogP contribution in [0.25, 0.3) is 32.3 Å². The first-order valence-electron chi connectivity index (χ1n) is 20.5. The molecule has 0 saturated heterocycles. The van der Waals surface area contributed by atoms with Gasteiger partial charge in [-0.2, -0.15) is 13.2 Å². The van der Waals surface area contributed by atoms with E-state index in [1.54, 1.807) is 48.5 Å². The summed E-state index contributed by atoms with van der Waals surface area (Å²) in [6.45, 7) is 3.95. The predicted molar refractivity (Wildman–Crippen MR) is 254 cm³/mol. The summed E-state index contributed by atoms with van der Waals surface area (Å²) in [7, 11) is 0. The summed E-state index contributed by atoms with van der Waals surface area (Å²) >= 11 is 0. The van der Waals surface area contributed by atoms with Gasteiger partial charge in [-0.25, -0.2) is 0 Å². The Hall–Kier alpha value is -8.64. The minimum Gasteiger partial charge on any atom is -0.507 e. The maximum atomic E-state index is 12.7. The average molecular weight is 886 g/mol. The molecule has 9 aromatic rings. The number of phenolic OH excluding ortho intramolecular Hbond substituents is 3. The van der Waals surface area contributed by atoms with Crippen molar-refractivity contribution in [3.63, 3.8) is 0 Å². The number of alkyl halides is 3. The molecule has 9 rings (SSSR count). The Balaban J connectivity index is 0.000000148. The van der Waals surface area contributed by atoms with Crippen LogP contribution in [-0.2, 0) is 6.18 Å². The number of aromatic hydroxyl groups is 3. The number of hydrogen-bond acceptors (Lipinski definition) is 6. The number of fused-ring (bicyclic) bond motifs is 3. The number of hydrogen-bond donors (Lipinski definition) is 6. The van der Waals surface area contributed by atoms with Gasteiger partial charge in [0.15, 0.2) is 0 Å². The van der Waals surface area contributed by atoms with Crippen molar-refractivity contribution in [1.29, 1.82) is 0 Å². The van der Waals surface area contributed by atoms with Crippen molar-refractivity contribution < 1.29 is 42.9 Å². The maximum Gasteiger partial charge on any atom is 0.416 e. The second-order valence-corrected chi connectivity index (χ2v) is 15.3. The number of carbonyl (C=O) groups excluding carboxylic acids is 3. The number of aryl methyl sites for hydroxylation is 2. The zero-order valence-corrected chi connectivity index (χ0v) is 35.5. The van der Waals surface area contributed by atoms with Crippen LogP contribution >= 0.6 is 0 Å². The Labute approximate surface area is 377 Å². The molecule has 0 bridgehead atoms. The number of carbonyl (C=O) groups is 3. The molecule has 330 valence electrons. The van der Waals surface area contributed by atoms with Crippen molar-refractivity contribution in [3.05, 3.63) is 215 Å². The minimum absolute atomic E-state index is 0.00221. The quantitative estimate of drug-likeness (QED) is 0.0979. The van der Waals surface area contributed by atoms with Gasteiger partial charge in [0.05, 0.1) is 22.3 Å². The summed E-state index contributed by atoms with van der Waals surface area (Å²) in [4.78, 5) is 36.9. The van der Waals surface area contributed by atoms with Gasteiger partial charge in [0, 0.05) is 17.1 Å². The van der Waals surface area contributed by atoms with Crippen molar-refractivity contribution in [2.45, 2.75) is 20.0 Å². The SMILES string of the molecule is Cc1ccc(NC(=O)c2cc3ccccc3cc2O)cc1.Cc1cccc(NC(=O)c2cc3ccccc3cc2O)c1.O=C(Nc1cccc(C(F)(F)F)c1)c1cc2ccccc2cc1O. The van der Waals surface area contributed by atoms with Crippen molar-refractivity contribution in [2.24, 2.45) is 0 Å². The molecule has 0 heterocycles. The van der Waals surface area contributed by atoms with Gasteiger partial charge in [-0.3, -0.25) is 14.4 Å². The number of anilines is 3. The van der Waals surface area contributed by atoms with Gasteiger partial charge in [0.1, 0.15) is 17.2 Å². The highest BCUT2D eigenvalue weighted by Crippen LogP contribution is 2.32. The molecule has 12 heteroatoms. The molecule has 3 amide bonds. The van der Waals surface area contributed by atoms with E-state index in [1.807, 2.05) is 111 Å². The monoisotopic (exact) mass is 885 g/mol. The summed E-state index contributed by atoms with van der Waals surface area (Å²) in [5, 5.41) is 43.2. The molecule has 0 atom stereocenters. The van der Waals surface area contributed by atoms with Crippen LogP contribution in [0.4, 0.5) is 30.2 Å². The van der Waals surface area contributed by atoms with Crippen LogP contribution in [0, 0.1) is 13.8 Å².